The third-order valence-corrected chi connectivity index (χ3v) is 6.05. The molecule has 154 valence electrons. The van der Waals surface area contributed by atoms with E-state index in [0.717, 1.165) is 18.4 Å². The summed E-state index contributed by atoms with van der Waals surface area (Å²) < 4.78 is 9.10. The van der Waals surface area contributed by atoms with Crippen LogP contribution in [0.15, 0.2) is 34.2 Å². The van der Waals surface area contributed by atoms with Crippen LogP contribution in [0, 0.1) is 0 Å². The molecule has 1 aromatic carbocycles. The molecule has 3 heterocycles. The zero-order valence-corrected chi connectivity index (χ0v) is 17.5. The SMILES string of the molecule is CCCCn1c(=O)c2ccccc2n2c(SCC(=O)N3CCOC(C)C3)nnc12. The van der Waals surface area contributed by atoms with Crippen LogP contribution >= 0.6 is 11.8 Å². The molecule has 2 aromatic heterocycles. The van der Waals surface area contributed by atoms with Crippen LogP contribution in [-0.2, 0) is 16.1 Å². The van der Waals surface area contributed by atoms with Gasteiger partial charge >= 0.3 is 0 Å². The number of fused-ring (bicyclic) bond motifs is 3. The van der Waals surface area contributed by atoms with E-state index < -0.39 is 0 Å². The minimum Gasteiger partial charge on any atom is -0.375 e. The minimum atomic E-state index is -0.0520. The number of ether oxygens (including phenoxy) is 1. The number of unbranched alkanes of at least 4 members (excludes halogenated alkanes) is 1. The van der Waals surface area contributed by atoms with Gasteiger partial charge in [-0.1, -0.05) is 37.2 Å². The molecule has 0 bridgehead atoms. The van der Waals surface area contributed by atoms with Gasteiger partial charge in [-0.25, -0.2) is 0 Å². The molecule has 29 heavy (non-hydrogen) atoms. The Morgan fingerprint density at radius 3 is 2.93 bits per heavy atom. The lowest BCUT2D eigenvalue weighted by molar-refractivity contribution is -0.135. The minimum absolute atomic E-state index is 0.0520. The van der Waals surface area contributed by atoms with Crippen molar-refractivity contribution >= 4 is 34.3 Å². The van der Waals surface area contributed by atoms with Gasteiger partial charge in [-0.05, 0) is 25.5 Å². The van der Waals surface area contributed by atoms with Crippen LogP contribution in [0.1, 0.15) is 26.7 Å². The Balaban J connectivity index is 1.68. The normalized spacial score (nSPS) is 17.3. The van der Waals surface area contributed by atoms with E-state index in [4.69, 9.17) is 4.74 Å². The molecule has 9 heteroatoms. The van der Waals surface area contributed by atoms with E-state index in [0.29, 0.717) is 42.6 Å². The fourth-order valence-electron chi connectivity index (χ4n) is 3.61. The maximum atomic E-state index is 13.0. The highest BCUT2D eigenvalue weighted by molar-refractivity contribution is 7.99. The number of carbonyl (C=O) groups is 1. The molecular formula is C20H25N5O3S. The summed E-state index contributed by atoms with van der Waals surface area (Å²) in [6.07, 6.45) is 1.92. The standard InChI is InChI=1S/C20H25N5O3S/c1-3-4-9-24-18(27)15-7-5-6-8-16(15)25-19(24)21-22-20(25)29-13-17(26)23-10-11-28-14(2)12-23/h5-8,14H,3-4,9-13H2,1-2H3. The van der Waals surface area contributed by atoms with Crippen molar-refractivity contribution in [2.45, 2.75) is 44.5 Å². The number of hydrogen-bond donors (Lipinski definition) is 0. The number of hydrogen-bond acceptors (Lipinski definition) is 6. The van der Waals surface area contributed by atoms with Gasteiger partial charge in [0.2, 0.25) is 11.7 Å². The van der Waals surface area contributed by atoms with E-state index in [1.807, 2.05) is 40.5 Å². The van der Waals surface area contributed by atoms with E-state index in [9.17, 15) is 9.59 Å². The highest BCUT2D eigenvalue weighted by atomic mass is 32.2. The van der Waals surface area contributed by atoms with Crippen LogP contribution in [0.25, 0.3) is 16.7 Å². The van der Waals surface area contributed by atoms with Crippen molar-refractivity contribution in [3.05, 3.63) is 34.6 Å². The Kier molecular flexibility index (Phi) is 5.86. The number of nitrogens with zero attached hydrogens (tertiary/aromatic N) is 5. The Morgan fingerprint density at radius 2 is 2.14 bits per heavy atom. The first kappa shape index (κ1) is 19.9. The van der Waals surface area contributed by atoms with Crippen LogP contribution in [0.4, 0.5) is 0 Å². The lowest BCUT2D eigenvalue weighted by Gasteiger charge is -2.31. The number of rotatable bonds is 6. The molecule has 0 N–H and O–H groups in total. The van der Waals surface area contributed by atoms with E-state index >= 15 is 0 Å². The molecule has 0 aliphatic carbocycles. The molecule has 3 aromatic rings. The van der Waals surface area contributed by atoms with Gasteiger partial charge in [0.05, 0.1) is 29.4 Å². The monoisotopic (exact) mass is 415 g/mol. The highest BCUT2D eigenvalue weighted by Crippen LogP contribution is 2.22. The molecule has 0 spiro atoms. The number of aromatic nitrogens is 4. The van der Waals surface area contributed by atoms with E-state index in [1.165, 1.54) is 11.8 Å². The predicted molar refractivity (Wildman–Crippen MR) is 112 cm³/mol. The molecule has 1 fully saturated rings. The maximum absolute atomic E-state index is 13.0. The third kappa shape index (κ3) is 3.89. The Bertz CT molecular complexity index is 1090. The van der Waals surface area contributed by atoms with Gasteiger partial charge in [-0.3, -0.25) is 18.6 Å². The van der Waals surface area contributed by atoms with Crippen LogP contribution in [0.5, 0.6) is 0 Å². The summed E-state index contributed by atoms with van der Waals surface area (Å²) in [6.45, 7) is 6.45. The fraction of sp³-hybridized carbons (Fsp3) is 0.500. The second kappa shape index (κ2) is 8.54. The molecule has 1 aliphatic heterocycles. The van der Waals surface area contributed by atoms with Gasteiger partial charge in [0, 0.05) is 19.6 Å². The van der Waals surface area contributed by atoms with E-state index in [2.05, 4.69) is 17.1 Å². The Morgan fingerprint density at radius 1 is 1.31 bits per heavy atom. The van der Waals surface area contributed by atoms with E-state index in [-0.39, 0.29) is 23.3 Å². The second-order valence-electron chi connectivity index (χ2n) is 7.26. The molecule has 1 atom stereocenters. The largest absolute Gasteiger partial charge is 0.375 e. The van der Waals surface area contributed by atoms with Crippen LogP contribution in [-0.4, -0.2) is 61.5 Å². The molecule has 4 rings (SSSR count). The van der Waals surface area contributed by atoms with Crippen LogP contribution < -0.4 is 5.56 Å². The molecule has 1 unspecified atom stereocenters. The number of aryl methyl sites for hydroxylation is 1. The molecule has 1 saturated heterocycles. The number of carbonyl (C=O) groups excluding carboxylic acids is 1. The maximum Gasteiger partial charge on any atom is 0.262 e. The number of benzene rings is 1. The zero-order valence-electron chi connectivity index (χ0n) is 16.7. The van der Waals surface area contributed by atoms with Crippen molar-refractivity contribution in [2.75, 3.05) is 25.4 Å². The van der Waals surface area contributed by atoms with Crippen LogP contribution in [0.2, 0.25) is 0 Å². The lowest BCUT2D eigenvalue weighted by atomic mass is 10.2. The Hall–Kier alpha value is -2.39. The molecular weight excluding hydrogens is 390 g/mol. The number of thioether (sulfide) groups is 1. The Labute approximate surface area is 172 Å². The first-order chi connectivity index (χ1) is 14.1. The fourth-order valence-corrected chi connectivity index (χ4v) is 4.45. The summed E-state index contributed by atoms with van der Waals surface area (Å²) in [5.41, 5.74) is 0.712. The van der Waals surface area contributed by atoms with E-state index in [1.54, 1.807) is 4.57 Å². The van der Waals surface area contributed by atoms with Crippen molar-refractivity contribution in [3.63, 3.8) is 0 Å². The lowest BCUT2D eigenvalue weighted by Crippen LogP contribution is -2.45. The van der Waals surface area contributed by atoms with Gasteiger partial charge in [-0.2, -0.15) is 0 Å². The number of para-hydroxylation sites is 1. The first-order valence-electron chi connectivity index (χ1n) is 9.99. The van der Waals surface area contributed by atoms with Crippen molar-refractivity contribution in [1.82, 2.24) is 24.1 Å². The zero-order chi connectivity index (χ0) is 20.4. The third-order valence-electron chi connectivity index (χ3n) is 5.13. The first-order valence-corrected chi connectivity index (χ1v) is 11.0. The molecule has 1 aliphatic rings. The van der Waals surface area contributed by atoms with Crippen molar-refractivity contribution in [3.8, 4) is 0 Å². The van der Waals surface area contributed by atoms with Gasteiger partial charge in [-0.15, -0.1) is 10.2 Å². The summed E-state index contributed by atoms with van der Waals surface area (Å²) in [5, 5.41) is 9.86. The summed E-state index contributed by atoms with van der Waals surface area (Å²) in [5.74, 6) is 0.859. The van der Waals surface area contributed by atoms with Crippen molar-refractivity contribution in [1.29, 1.82) is 0 Å². The molecule has 0 saturated carbocycles. The summed E-state index contributed by atoms with van der Waals surface area (Å²) in [7, 11) is 0. The molecule has 8 nitrogen and oxygen atoms in total. The molecule has 1 amide bonds. The molecule has 0 radical (unpaired) electrons. The number of morpholine rings is 1. The van der Waals surface area contributed by atoms with Gasteiger partial charge in [0.25, 0.3) is 5.56 Å². The average Bonchev–Trinajstić information content (AvgIpc) is 3.16. The summed E-state index contributed by atoms with van der Waals surface area (Å²) in [4.78, 5) is 27.4. The highest BCUT2D eigenvalue weighted by Gasteiger charge is 2.23. The van der Waals surface area contributed by atoms with Gasteiger partial charge in [0.1, 0.15) is 0 Å². The van der Waals surface area contributed by atoms with Gasteiger partial charge in [0.15, 0.2) is 5.16 Å². The average molecular weight is 416 g/mol. The predicted octanol–water partition coefficient (Wildman–Crippen LogP) is 2.18. The second-order valence-corrected chi connectivity index (χ2v) is 8.20. The summed E-state index contributed by atoms with van der Waals surface area (Å²) in [6, 6.07) is 7.48. The number of amides is 1. The van der Waals surface area contributed by atoms with Gasteiger partial charge < -0.3 is 9.64 Å². The summed E-state index contributed by atoms with van der Waals surface area (Å²) >= 11 is 1.35. The van der Waals surface area contributed by atoms with Crippen LogP contribution in [0.3, 0.4) is 0 Å². The topological polar surface area (TPSA) is 81.7 Å². The quantitative estimate of drug-likeness (QED) is 0.574. The van der Waals surface area contributed by atoms with Crippen molar-refractivity contribution in [2.24, 2.45) is 0 Å². The smallest absolute Gasteiger partial charge is 0.262 e. The van der Waals surface area contributed by atoms with Crippen molar-refractivity contribution < 1.29 is 9.53 Å².